The van der Waals surface area contributed by atoms with Crippen molar-refractivity contribution in [2.24, 2.45) is 5.92 Å². The fourth-order valence-corrected chi connectivity index (χ4v) is 4.71. The van der Waals surface area contributed by atoms with Crippen LogP contribution in [0.4, 0.5) is 4.39 Å². The van der Waals surface area contributed by atoms with Crippen molar-refractivity contribution in [1.82, 2.24) is 0 Å². The van der Waals surface area contributed by atoms with Gasteiger partial charge in [-0.2, -0.15) is 0 Å². The quantitative estimate of drug-likeness (QED) is 0.378. The van der Waals surface area contributed by atoms with Crippen molar-refractivity contribution in [2.45, 2.75) is 77.6 Å². The predicted octanol–water partition coefficient (Wildman–Crippen LogP) is 6.94. The molecule has 2 aromatic rings. The maximum atomic E-state index is 13.9. The Kier molecular flexibility index (Phi) is 10.5. The number of rotatable bonds is 8. The number of methoxy groups -OCH3 is 1. The number of carbonyl (C=O) groups excluding carboxylic acids is 1. The number of hydrogen-bond donors (Lipinski definition) is 0. The summed E-state index contributed by atoms with van der Waals surface area (Å²) in [7, 11) is 1.59. The molecule has 3 rings (SSSR count). The Balaban J connectivity index is 1.74. The zero-order valence-corrected chi connectivity index (χ0v) is 21.4. The van der Waals surface area contributed by atoms with Gasteiger partial charge in [-0.3, -0.25) is 4.79 Å². The first-order chi connectivity index (χ1) is 16.9. The van der Waals surface area contributed by atoms with E-state index >= 15 is 0 Å². The number of halogens is 1. The Morgan fingerprint density at radius 3 is 2.60 bits per heavy atom. The largest absolute Gasteiger partial charge is 0.493 e. The molecule has 0 radical (unpaired) electrons. The molecule has 6 heteroatoms. The third-order valence-corrected chi connectivity index (χ3v) is 6.38. The van der Waals surface area contributed by atoms with Crippen molar-refractivity contribution in [3.63, 3.8) is 0 Å². The van der Waals surface area contributed by atoms with Gasteiger partial charge in [0.15, 0.2) is 17.3 Å². The number of ether oxygens (including phenoxy) is 4. The van der Waals surface area contributed by atoms with Crippen molar-refractivity contribution < 1.29 is 28.1 Å². The van der Waals surface area contributed by atoms with Crippen LogP contribution in [0.2, 0.25) is 0 Å². The lowest BCUT2D eigenvalue weighted by Crippen LogP contribution is -2.19. The highest BCUT2D eigenvalue weighted by atomic mass is 19.1. The van der Waals surface area contributed by atoms with Crippen LogP contribution >= 0.6 is 0 Å². The van der Waals surface area contributed by atoms with E-state index in [1.54, 1.807) is 25.3 Å². The molecule has 5 nitrogen and oxygen atoms in total. The summed E-state index contributed by atoms with van der Waals surface area (Å²) >= 11 is 0. The molecule has 1 aliphatic heterocycles. The van der Waals surface area contributed by atoms with E-state index in [1.165, 1.54) is 6.07 Å². The van der Waals surface area contributed by atoms with Crippen LogP contribution in [0, 0.1) is 11.7 Å². The van der Waals surface area contributed by atoms with Crippen molar-refractivity contribution in [1.29, 1.82) is 0 Å². The Hall–Kier alpha value is -2.44. The van der Waals surface area contributed by atoms with E-state index in [0.29, 0.717) is 36.7 Å². The normalized spacial score (nSPS) is 21.8. The summed E-state index contributed by atoms with van der Waals surface area (Å²) in [6, 6.07) is 12.0. The number of carbonyl (C=O) groups is 1. The lowest BCUT2D eigenvalue weighted by Gasteiger charge is -2.24. The summed E-state index contributed by atoms with van der Waals surface area (Å²) in [5.41, 5.74) is 1.47. The molecule has 3 unspecified atom stereocenters. The third-order valence-electron chi connectivity index (χ3n) is 6.38. The second-order valence-corrected chi connectivity index (χ2v) is 9.39. The maximum absolute atomic E-state index is 13.9. The lowest BCUT2D eigenvalue weighted by molar-refractivity contribution is -0.0184. The minimum atomic E-state index is -0.265. The summed E-state index contributed by atoms with van der Waals surface area (Å²) in [6.45, 7) is 7.01. The van der Waals surface area contributed by atoms with Gasteiger partial charge in [0.05, 0.1) is 25.4 Å². The van der Waals surface area contributed by atoms with E-state index in [2.05, 4.69) is 0 Å². The molecule has 0 saturated carbocycles. The molecule has 192 valence electrons. The molecular weight excluding hydrogens is 447 g/mol. The van der Waals surface area contributed by atoms with Crippen molar-refractivity contribution in [3.05, 3.63) is 59.4 Å². The van der Waals surface area contributed by atoms with Crippen molar-refractivity contribution in [2.75, 3.05) is 20.3 Å². The number of hydrogen-bond acceptors (Lipinski definition) is 5. The topological polar surface area (TPSA) is 54.0 Å². The molecule has 0 aromatic heterocycles. The van der Waals surface area contributed by atoms with Crippen LogP contribution in [-0.2, 0) is 9.47 Å². The summed E-state index contributed by atoms with van der Waals surface area (Å²) in [5, 5.41) is 0. The van der Waals surface area contributed by atoms with E-state index in [-0.39, 0.29) is 35.8 Å². The Morgan fingerprint density at radius 1 is 1.09 bits per heavy atom. The molecule has 2 aromatic carbocycles. The van der Waals surface area contributed by atoms with Gasteiger partial charge < -0.3 is 18.9 Å². The highest BCUT2D eigenvalue weighted by Crippen LogP contribution is 2.33. The van der Waals surface area contributed by atoms with Gasteiger partial charge in [0.25, 0.3) is 0 Å². The molecule has 1 aliphatic rings. The van der Waals surface area contributed by atoms with E-state index in [0.717, 1.165) is 37.7 Å². The van der Waals surface area contributed by atoms with Crippen LogP contribution in [0.3, 0.4) is 0 Å². The molecule has 0 amide bonds. The van der Waals surface area contributed by atoms with Gasteiger partial charge in [0, 0.05) is 31.1 Å². The molecule has 3 atom stereocenters. The highest BCUT2D eigenvalue weighted by Gasteiger charge is 2.25. The zero-order chi connectivity index (χ0) is 25.2. The van der Waals surface area contributed by atoms with Gasteiger partial charge in [0.1, 0.15) is 5.82 Å². The van der Waals surface area contributed by atoms with Gasteiger partial charge in [-0.15, -0.1) is 0 Å². The summed E-state index contributed by atoms with van der Waals surface area (Å²) in [5.74, 6) is 0.956. The predicted molar refractivity (Wildman–Crippen MR) is 135 cm³/mol. The van der Waals surface area contributed by atoms with Gasteiger partial charge in [-0.05, 0) is 82.3 Å². The number of ketones is 1. The summed E-state index contributed by atoms with van der Waals surface area (Å²) < 4.78 is 37.4. The maximum Gasteiger partial charge on any atom is 0.166 e. The average Bonchev–Trinajstić information content (AvgIpc) is 2.88. The van der Waals surface area contributed by atoms with Crippen LogP contribution < -0.4 is 9.47 Å². The second-order valence-electron chi connectivity index (χ2n) is 9.39. The van der Waals surface area contributed by atoms with Crippen LogP contribution in [0.15, 0.2) is 42.5 Å². The van der Waals surface area contributed by atoms with Crippen LogP contribution in [-0.4, -0.2) is 38.3 Å². The van der Waals surface area contributed by atoms with Crippen LogP contribution in [0.25, 0.3) is 0 Å². The van der Waals surface area contributed by atoms with Crippen LogP contribution in [0.1, 0.15) is 81.3 Å². The first-order valence-corrected chi connectivity index (χ1v) is 12.8. The summed E-state index contributed by atoms with van der Waals surface area (Å²) in [6.07, 6.45) is 4.45. The van der Waals surface area contributed by atoms with E-state index in [9.17, 15) is 9.18 Å². The molecule has 0 N–H and O–H groups in total. The molecule has 0 aliphatic carbocycles. The third kappa shape index (κ3) is 8.04. The highest BCUT2D eigenvalue weighted by molar-refractivity contribution is 5.98. The van der Waals surface area contributed by atoms with Gasteiger partial charge >= 0.3 is 0 Å². The van der Waals surface area contributed by atoms with Crippen molar-refractivity contribution in [3.8, 4) is 11.5 Å². The lowest BCUT2D eigenvalue weighted by atomic mass is 9.88. The Labute approximate surface area is 208 Å². The first kappa shape index (κ1) is 27.2. The SMILES string of the molecule is CCOC1CCCC(C(=O)c2ccc(OC(C)C)c(OC)c2)CCCOC(c2cccc(F)c2)C1. The van der Waals surface area contributed by atoms with E-state index in [1.807, 2.05) is 39.0 Å². The Bertz CT molecular complexity index is 944. The van der Waals surface area contributed by atoms with E-state index < -0.39 is 0 Å². The van der Waals surface area contributed by atoms with E-state index in [4.69, 9.17) is 18.9 Å². The molecule has 35 heavy (non-hydrogen) atoms. The minimum absolute atomic E-state index is 0.00493. The molecule has 1 fully saturated rings. The molecule has 0 spiro atoms. The standard InChI is InChI=1S/C29H39FO5/c1-5-33-25-13-7-9-21(11-8-16-34-27(19-25)22-10-6-12-24(30)17-22)29(31)23-14-15-26(35-20(2)3)28(18-23)32-4/h6,10,12,14-15,17-18,20-21,25,27H,5,7-9,11,13,16,19H2,1-4H3. The monoisotopic (exact) mass is 486 g/mol. The van der Waals surface area contributed by atoms with Crippen LogP contribution in [0.5, 0.6) is 11.5 Å². The summed E-state index contributed by atoms with van der Waals surface area (Å²) in [4.78, 5) is 13.5. The average molecular weight is 487 g/mol. The molecule has 1 saturated heterocycles. The molecule has 0 bridgehead atoms. The fraction of sp³-hybridized carbons (Fsp3) is 0.552. The molecule has 1 heterocycles. The molecular formula is C29H39FO5. The number of Topliss-reactive ketones (excluding diaryl/α,β-unsaturated/α-hetero) is 1. The van der Waals surface area contributed by atoms with Gasteiger partial charge in [0.2, 0.25) is 0 Å². The fourth-order valence-electron chi connectivity index (χ4n) is 4.71. The van der Waals surface area contributed by atoms with Gasteiger partial charge in [-0.1, -0.05) is 18.6 Å². The smallest absolute Gasteiger partial charge is 0.166 e. The van der Waals surface area contributed by atoms with Gasteiger partial charge in [-0.25, -0.2) is 4.39 Å². The zero-order valence-electron chi connectivity index (χ0n) is 21.4. The number of benzene rings is 2. The van der Waals surface area contributed by atoms with Crippen molar-refractivity contribution >= 4 is 5.78 Å². The Morgan fingerprint density at radius 2 is 1.89 bits per heavy atom. The second kappa shape index (κ2) is 13.6. The minimum Gasteiger partial charge on any atom is -0.493 e. The first-order valence-electron chi connectivity index (χ1n) is 12.8.